The third kappa shape index (κ3) is 3.73. The Kier molecular flexibility index (Phi) is 5.28. The number of benzene rings is 6. The minimum atomic E-state index is 0.659. The van der Waals surface area contributed by atoms with E-state index < -0.39 is 0 Å². The monoisotopic (exact) mass is 600 g/mol. The molecule has 0 N–H and O–H groups in total. The average Bonchev–Trinajstić information content (AvgIpc) is 3.77. The molecule has 0 radical (unpaired) electrons. The van der Waals surface area contributed by atoms with E-state index in [0.29, 0.717) is 5.56 Å². The van der Waals surface area contributed by atoms with Crippen molar-refractivity contribution in [2.24, 2.45) is 0 Å². The molecule has 0 amide bonds. The number of aromatic nitrogens is 3. The molecule has 4 heterocycles. The van der Waals surface area contributed by atoms with Crippen LogP contribution in [0, 0.1) is 11.3 Å². The lowest BCUT2D eigenvalue weighted by Gasteiger charge is -2.12. The Hall–Kier alpha value is -6.64. The van der Waals surface area contributed by atoms with Crippen molar-refractivity contribution in [1.82, 2.24) is 14.1 Å². The second-order valence-electron chi connectivity index (χ2n) is 12.0. The first kappa shape index (κ1) is 25.7. The standard InChI is InChI=1S/C42H24N4O/c43-25-26-17-18-38-34(20-26)31-12-1-3-15-37(31)45(38)29-10-5-8-27(21-29)28-9-6-11-30(22-28)46-39-23-36-32-13-2-4-16-40(32)47-41(36)24-35(39)33-14-7-19-44-42(33)46/h1-24H. The highest BCUT2D eigenvalue weighted by Crippen LogP contribution is 2.39. The topological polar surface area (TPSA) is 59.7 Å². The molecule has 0 aliphatic rings. The molecule has 218 valence electrons. The number of furan rings is 1. The molecule has 0 saturated carbocycles. The van der Waals surface area contributed by atoms with Crippen molar-refractivity contribution in [3.05, 3.63) is 151 Å². The van der Waals surface area contributed by atoms with Gasteiger partial charge in [-0.25, -0.2) is 4.98 Å². The van der Waals surface area contributed by atoms with Crippen molar-refractivity contribution >= 4 is 65.7 Å². The second-order valence-corrected chi connectivity index (χ2v) is 12.0. The maximum absolute atomic E-state index is 9.58. The van der Waals surface area contributed by atoms with Crippen molar-refractivity contribution < 1.29 is 4.42 Å². The van der Waals surface area contributed by atoms with Crippen LogP contribution in [0.2, 0.25) is 0 Å². The van der Waals surface area contributed by atoms with E-state index in [1.54, 1.807) is 0 Å². The van der Waals surface area contributed by atoms with Crippen LogP contribution in [0.25, 0.3) is 88.2 Å². The van der Waals surface area contributed by atoms with Gasteiger partial charge in [-0.15, -0.1) is 0 Å². The number of para-hydroxylation sites is 2. The van der Waals surface area contributed by atoms with Crippen molar-refractivity contribution in [3.8, 4) is 28.6 Å². The van der Waals surface area contributed by atoms with Gasteiger partial charge in [0.05, 0.1) is 28.2 Å². The summed E-state index contributed by atoms with van der Waals surface area (Å²) < 4.78 is 10.8. The highest BCUT2D eigenvalue weighted by molar-refractivity contribution is 6.16. The summed E-state index contributed by atoms with van der Waals surface area (Å²) in [6.45, 7) is 0. The van der Waals surface area contributed by atoms with Crippen molar-refractivity contribution in [3.63, 3.8) is 0 Å². The number of hydrogen-bond acceptors (Lipinski definition) is 3. The van der Waals surface area contributed by atoms with E-state index >= 15 is 0 Å². The van der Waals surface area contributed by atoms with E-state index in [2.05, 4.69) is 124 Å². The van der Waals surface area contributed by atoms with Gasteiger partial charge in [0.1, 0.15) is 16.8 Å². The number of hydrogen-bond donors (Lipinski definition) is 0. The average molecular weight is 601 g/mol. The van der Waals surface area contributed by atoms with Crippen LogP contribution in [0.1, 0.15) is 5.56 Å². The number of nitrogens with zero attached hydrogens (tertiary/aromatic N) is 4. The zero-order valence-electron chi connectivity index (χ0n) is 25.1. The van der Waals surface area contributed by atoms with Gasteiger partial charge in [-0.1, -0.05) is 60.7 Å². The van der Waals surface area contributed by atoms with Crippen LogP contribution in [0.3, 0.4) is 0 Å². The van der Waals surface area contributed by atoms with Crippen molar-refractivity contribution in [2.45, 2.75) is 0 Å². The molecule has 10 aromatic rings. The summed E-state index contributed by atoms with van der Waals surface area (Å²) in [6.07, 6.45) is 1.86. The van der Waals surface area contributed by atoms with Gasteiger partial charge in [-0.2, -0.15) is 5.26 Å². The summed E-state index contributed by atoms with van der Waals surface area (Å²) in [5.41, 5.74) is 10.9. The van der Waals surface area contributed by atoms with E-state index in [9.17, 15) is 5.26 Å². The maximum Gasteiger partial charge on any atom is 0.145 e. The Bertz CT molecular complexity index is 2930. The van der Waals surface area contributed by atoms with Crippen LogP contribution in [0.4, 0.5) is 0 Å². The maximum atomic E-state index is 9.58. The quantitative estimate of drug-likeness (QED) is 0.203. The van der Waals surface area contributed by atoms with Gasteiger partial charge in [0.15, 0.2) is 0 Å². The van der Waals surface area contributed by atoms with Gasteiger partial charge in [0.25, 0.3) is 0 Å². The fourth-order valence-electron chi connectivity index (χ4n) is 7.29. The zero-order chi connectivity index (χ0) is 31.1. The minimum Gasteiger partial charge on any atom is -0.456 e. The first-order valence-corrected chi connectivity index (χ1v) is 15.6. The normalized spacial score (nSPS) is 11.8. The molecule has 47 heavy (non-hydrogen) atoms. The molecule has 0 aliphatic heterocycles. The second kappa shape index (κ2) is 9.68. The molecule has 10 rings (SSSR count). The summed E-state index contributed by atoms with van der Waals surface area (Å²) in [7, 11) is 0. The predicted molar refractivity (Wildman–Crippen MR) is 190 cm³/mol. The molecule has 0 atom stereocenters. The fourth-order valence-corrected chi connectivity index (χ4v) is 7.29. The van der Waals surface area contributed by atoms with Crippen LogP contribution in [0.15, 0.2) is 150 Å². The number of nitriles is 1. The van der Waals surface area contributed by atoms with Gasteiger partial charge in [0.2, 0.25) is 0 Å². The molecule has 5 heteroatoms. The third-order valence-electron chi connectivity index (χ3n) is 9.37. The van der Waals surface area contributed by atoms with E-state index in [-0.39, 0.29) is 0 Å². The van der Waals surface area contributed by atoms with Crippen molar-refractivity contribution in [1.29, 1.82) is 5.26 Å². The van der Waals surface area contributed by atoms with E-state index in [1.807, 2.05) is 36.5 Å². The van der Waals surface area contributed by atoms with Gasteiger partial charge in [0, 0.05) is 49.9 Å². The third-order valence-corrected chi connectivity index (χ3v) is 9.37. The van der Waals surface area contributed by atoms with Gasteiger partial charge in [-0.05, 0) is 90.0 Å². The summed E-state index contributed by atoms with van der Waals surface area (Å²) >= 11 is 0. The Balaban J connectivity index is 1.17. The molecular formula is C42H24N4O. The molecule has 6 aromatic carbocycles. The van der Waals surface area contributed by atoms with Gasteiger partial charge in [-0.3, -0.25) is 4.57 Å². The Morgan fingerprint density at radius 2 is 1.19 bits per heavy atom. The number of fused-ring (bicyclic) bond motifs is 9. The molecular weight excluding hydrogens is 576 g/mol. The van der Waals surface area contributed by atoms with E-state index in [1.165, 1.54) is 0 Å². The Labute approximate surface area is 268 Å². The molecule has 0 bridgehead atoms. The molecule has 5 nitrogen and oxygen atoms in total. The fraction of sp³-hybridized carbons (Fsp3) is 0. The van der Waals surface area contributed by atoms with Gasteiger partial charge >= 0.3 is 0 Å². The highest BCUT2D eigenvalue weighted by Gasteiger charge is 2.18. The van der Waals surface area contributed by atoms with Gasteiger partial charge < -0.3 is 8.98 Å². The SMILES string of the molecule is N#Cc1ccc2c(c1)c1ccccc1n2-c1cccc(-c2cccc(-n3c4cc5c(cc4c4cccnc43)oc3ccccc35)c2)c1. The summed E-state index contributed by atoms with van der Waals surface area (Å²) in [5, 5.41) is 16.2. The van der Waals surface area contributed by atoms with Crippen LogP contribution in [-0.2, 0) is 0 Å². The summed E-state index contributed by atoms with van der Waals surface area (Å²) in [4.78, 5) is 4.86. The lowest BCUT2D eigenvalue weighted by atomic mass is 10.0. The van der Waals surface area contributed by atoms with Crippen LogP contribution in [0.5, 0.6) is 0 Å². The van der Waals surface area contributed by atoms with E-state index in [0.717, 1.165) is 88.2 Å². The molecule has 4 aromatic heterocycles. The highest BCUT2D eigenvalue weighted by atomic mass is 16.3. The lowest BCUT2D eigenvalue weighted by Crippen LogP contribution is -1.96. The molecule has 0 fully saturated rings. The molecule has 0 unspecified atom stereocenters. The number of pyridine rings is 1. The van der Waals surface area contributed by atoms with Crippen LogP contribution in [-0.4, -0.2) is 14.1 Å². The van der Waals surface area contributed by atoms with Crippen molar-refractivity contribution in [2.75, 3.05) is 0 Å². The molecule has 0 spiro atoms. The zero-order valence-corrected chi connectivity index (χ0v) is 25.1. The van der Waals surface area contributed by atoms with Crippen LogP contribution >= 0.6 is 0 Å². The Morgan fingerprint density at radius 3 is 2.02 bits per heavy atom. The smallest absolute Gasteiger partial charge is 0.145 e. The van der Waals surface area contributed by atoms with E-state index in [4.69, 9.17) is 9.40 Å². The summed E-state index contributed by atoms with van der Waals surface area (Å²) in [6, 6.07) is 50.7. The minimum absolute atomic E-state index is 0.659. The molecule has 0 saturated heterocycles. The largest absolute Gasteiger partial charge is 0.456 e. The number of rotatable bonds is 3. The molecule has 0 aliphatic carbocycles. The first-order chi connectivity index (χ1) is 23.2. The first-order valence-electron chi connectivity index (χ1n) is 15.6. The predicted octanol–water partition coefficient (Wildman–Crippen LogP) is 10.7. The summed E-state index contributed by atoms with van der Waals surface area (Å²) in [5.74, 6) is 0. The van der Waals surface area contributed by atoms with Crippen LogP contribution < -0.4 is 0 Å². The lowest BCUT2D eigenvalue weighted by molar-refractivity contribution is 0.669. The Morgan fingerprint density at radius 1 is 0.489 bits per heavy atom.